The molecular weight excluding hydrogens is 428 g/mol. The second-order valence-corrected chi connectivity index (χ2v) is 8.60. The van der Waals surface area contributed by atoms with Gasteiger partial charge in [-0.3, -0.25) is 14.9 Å². The molecule has 0 radical (unpaired) electrons. The number of nitrogens with one attached hydrogen (secondary N) is 2. The number of carbonyl (C=O) groups excluding carboxylic acids is 3. The maximum Gasteiger partial charge on any atom is 0.323 e. The van der Waals surface area contributed by atoms with Crippen molar-refractivity contribution in [2.45, 2.75) is 30.7 Å². The molecule has 3 heterocycles. The van der Waals surface area contributed by atoms with E-state index < -0.39 is 35.1 Å². The lowest BCUT2D eigenvalue weighted by Gasteiger charge is -2.26. The minimum atomic E-state index is -2.50. The fourth-order valence-corrected chi connectivity index (χ4v) is 4.84. The van der Waals surface area contributed by atoms with Crippen molar-refractivity contribution >= 4 is 29.6 Å². The van der Waals surface area contributed by atoms with E-state index in [-0.39, 0.29) is 19.0 Å². The molecule has 0 aromatic heterocycles. The van der Waals surface area contributed by atoms with Crippen molar-refractivity contribution in [1.29, 1.82) is 0 Å². The van der Waals surface area contributed by atoms with Gasteiger partial charge in [0.15, 0.2) is 0 Å². The molecule has 0 spiro atoms. The first kappa shape index (κ1) is 21.2. The summed E-state index contributed by atoms with van der Waals surface area (Å²) in [5.41, 5.74) is 0.00865. The third-order valence-corrected chi connectivity index (χ3v) is 6.89. The van der Waals surface area contributed by atoms with Gasteiger partial charge in [0.2, 0.25) is 5.54 Å². The number of urea groups is 1. The molecule has 4 amide bonds. The van der Waals surface area contributed by atoms with Crippen LogP contribution >= 0.6 is 11.8 Å². The van der Waals surface area contributed by atoms with Crippen molar-refractivity contribution in [1.82, 2.24) is 15.5 Å². The molecule has 162 valence electrons. The molecule has 1 fully saturated rings. The molecule has 0 saturated carbocycles. The second kappa shape index (κ2) is 7.89. The van der Waals surface area contributed by atoms with E-state index in [1.165, 1.54) is 12.0 Å². The molecule has 2 N–H and O–H groups in total. The summed E-state index contributed by atoms with van der Waals surface area (Å²) in [6, 6.07) is 4.40. The van der Waals surface area contributed by atoms with Crippen LogP contribution in [0.15, 0.2) is 29.2 Å². The number of rotatable bonds is 4. The molecule has 0 aliphatic carbocycles. The Morgan fingerprint density at radius 3 is 2.74 bits per heavy atom. The summed E-state index contributed by atoms with van der Waals surface area (Å²) in [5, 5.41) is 5.32. The molecule has 4 rings (SSSR count). The van der Waals surface area contributed by atoms with Gasteiger partial charge < -0.3 is 15.0 Å². The molecule has 7 nitrogen and oxygen atoms in total. The molecular formula is C21H19F2N3O4S. The largest absolute Gasteiger partial charge is 0.497 e. The van der Waals surface area contributed by atoms with Gasteiger partial charge in [-0.1, -0.05) is 24.8 Å². The third kappa shape index (κ3) is 3.74. The van der Waals surface area contributed by atoms with Crippen LogP contribution in [0.5, 0.6) is 5.75 Å². The molecule has 2 unspecified atom stereocenters. The SMILES string of the molecule is COc1ccc2c(c1)C(=O)N(C[C@@]1(C#CC3=CSC(C(F)F)C3C)NC(=O)NC1=O)C2. The second-order valence-electron chi connectivity index (χ2n) is 7.54. The lowest BCUT2D eigenvalue weighted by atomic mass is 9.95. The Balaban J connectivity index is 1.60. The predicted octanol–water partition coefficient (Wildman–Crippen LogP) is 2.13. The van der Waals surface area contributed by atoms with E-state index in [1.54, 1.807) is 30.5 Å². The van der Waals surface area contributed by atoms with Gasteiger partial charge in [0.05, 0.1) is 18.9 Å². The molecule has 1 aromatic rings. The van der Waals surface area contributed by atoms with Crippen molar-refractivity contribution in [2.75, 3.05) is 13.7 Å². The lowest BCUT2D eigenvalue weighted by molar-refractivity contribution is -0.122. The minimum Gasteiger partial charge on any atom is -0.497 e. The number of methoxy groups -OCH3 is 1. The number of fused-ring (bicyclic) bond motifs is 1. The summed E-state index contributed by atoms with van der Waals surface area (Å²) in [6.07, 6.45) is -2.50. The highest BCUT2D eigenvalue weighted by atomic mass is 32.2. The monoisotopic (exact) mass is 447 g/mol. The van der Waals surface area contributed by atoms with Crippen LogP contribution in [0.4, 0.5) is 13.6 Å². The van der Waals surface area contributed by atoms with Gasteiger partial charge in [-0.15, -0.1) is 11.8 Å². The predicted molar refractivity (Wildman–Crippen MR) is 110 cm³/mol. The van der Waals surface area contributed by atoms with Crippen molar-refractivity contribution in [2.24, 2.45) is 5.92 Å². The highest BCUT2D eigenvalue weighted by molar-refractivity contribution is 8.03. The summed E-state index contributed by atoms with van der Waals surface area (Å²) < 4.78 is 31.4. The fraction of sp³-hybridized carbons (Fsp3) is 0.381. The molecule has 3 atom stereocenters. The number of thioether (sulfide) groups is 1. The summed E-state index contributed by atoms with van der Waals surface area (Å²) in [4.78, 5) is 38.8. The highest BCUT2D eigenvalue weighted by Gasteiger charge is 2.48. The number of allylic oxidation sites excluding steroid dienone is 1. The zero-order valence-electron chi connectivity index (χ0n) is 16.7. The van der Waals surface area contributed by atoms with Crippen LogP contribution in [0.3, 0.4) is 0 Å². The lowest BCUT2D eigenvalue weighted by Crippen LogP contribution is -2.54. The highest BCUT2D eigenvalue weighted by Crippen LogP contribution is 2.38. The first-order chi connectivity index (χ1) is 14.7. The van der Waals surface area contributed by atoms with Crippen molar-refractivity contribution in [3.63, 3.8) is 0 Å². The van der Waals surface area contributed by atoms with Gasteiger partial charge in [-0.05, 0) is 23.1 Å². The molecule has 10 heteroatoms. The van der Waals surface area contributed by atoms with Crippen LogP contribution in [-0.4, -0.2) is 53.6 Å². The maximum atomic E-state index is 13.1. The van der Waals surface area contributed by atoms with Crippen LogP contribution in [0.1, 0.15) is 22.8 Å². The van der Waals surface area contributed by atoms with Crippen LogP contribution in [-0.2, 0) is 11.3 Å². The maximum absolute atomic E-state index is 13.1. The first-order valence-corrected chi connectivity index (χ1v) is 10.4. The van der Waals surface area contributed by atoms with Crippen LogP contribution in [0, 0.1) is 17.8 Å². The van der Waals surface area contributed by atoms with Gasteiger partial charge in [-0.2, -0.15) is 0 Å². The van der Waals surface area contributed by atoms with E-state index in [2.05, 4.69) is 22.5 Å². The Labute approximate surface area is 181 Å². The third-order valence-electron chi connectivity index (χ3n) is 5.57. The van der Waals surface area contributed by atoms with E-state index in [0.717, 1.165) is 17.3 Å². The fourth-order valence-electron chi connectivity index (χ4n) is 3.77. The number of carbonyl (C=O) groups is 3. The Bertz CT molecular complexity index is 1060. The number of hydrogen-bond acceptors (Lipinski definition) is 5. The molecule has 1 saturated heterocycles. The number of ether oxygens (including phenoxy) is 1. The zero-order valence-corrected chi connectivity index (χ0v) is 17.5. The molecule has 0 bridgehead atoms. The van der Waals surface area contributed by atoms with Gasteiger partial charge in [0, 0.05) is 23.6 Å². The van der Waals surface area contributed by atoms with Crippen LogP contribution in [0.25, 0.3) is 0 Å². The van der Waals surface area contributed by atoms with Crippen molar-refractivity contribution in [3.8, 4) is 17.6 Å². The number of nitrogens with zero attached hydrogens (tertiary/aromatic N) is 1. The topological polar surface area (TPSA) is 87.7 Å². The van der Waals surface area contributed by atoms with E-state index >= 15 is 0 Å². The Morgan fingerprint density at radius 1 is 1.35 bits per heavy atom. The Kier molecular flexibility index (Phi) is 5.39. The van der Waals surface area contributed by atoms with E-state index in [9.17, 15) is 23.2 Å². The average molecular weight is 447 g/mol. The Morgan fingerprint density at radius 2 is 2.13 bits per heavy atom. The summed E-state index contributed by atoms with van der Waals surface area (Å²) in [7, 11) is 1.50. The minimum absolute atomic E-state index is 0.180. The number of hydrogen-bond donors (Lipinski definition) is 2. The standard InChI is InChI=1S/C21H19F2N3O4S/c1-11-13(9-31-16(11)17(22)23)5-6-21(19(28)24-20(29)25-21)10-26-8-12-3-4-14(30-2)7-15(12)18(26)27/h3-4,7,9,11,16-17H,8,10H2,1-2H3,(H2,24,25,28,29)/t11?,16?,21-/m1/s1. The Hall–Kier alpha value is -3.06. The molecule has 3 aliphatic rings. The number of imide groups is 1. The number of halogens is 2. The number of alkyl halides is 2. The van der Waals surface area contributed by atoms with E-state index in [1.807, 2.05) is 0 Å². The van der Waals surface area contributed by atoms with Gasteiger partial charge >= 0.3 is 6.03 Å². The molecule has 31 heavy (non-hydrogen) atoms. The summed E-state index contributed by atoms with van der Waals surface area (Å²) in [5.74, 6) is 4.60. The van der Waals surface area contributed by atoms with Crippen LogP contribution < -0.4 is 15.4 Å². The zero-order chi connectivity index (χ0) is 22.3. The summed E-state index contributed by atoms with van der Waals surface area (Å²) >= 11 is 0.999. The number of benzene rings is 1. The van der Waals surface area contributed by atoms with Gasteiger partial charge in [0.1, 0.15) is 5.75 Å². The van der Waals surface area contributed by atoms with Crippen LogP contribution in [0.2, 0.25) is 0 Å². The average Bonchev–Trinajstić information content (AvgIpc) is 3.34. The van der Waals surface area contributed by atoms with Gasteiger partial charge in [0.25, 0.3) is 18.2 Å². The molecule has 3 aliphatic heterocycles. The van der Waals surface area contributed by atoms with Crippen molar-refractivity contribution < 1.29 is 27.9 Å². The van der Waals surface area contributed by atoms with E-state index in [4.69, 9.17) is 4.74 Å². The smallest absolute Gasteiger partial charge is 0.323 e. The quantitative estimate of drug-likeness (QED) is 0.546. The van der Waals surface area contributed by atoms with Crippen molar-refractivity contribution in [3.05, 3.63) is 40.3 Å². The molecule has 1 aromatic carbocycles. The first-order valence-electron chi connectivity index (χ1n) is 9.51. The van der Waals surface area contributed by atoms with E-state index in [0.29, 0.717) is 16.9 Å². The number of amides is 4. The normalized spacial score (nSPS) is 26.9. The van der Waals surface area contributed by atoms with Gasteiger partial charge in [-0.25, -0.2) is 13.6 Å². The summed E-state index contributed by atoms with van der Waals surface area (Å²) in [6.45, 7) is 1.71.